The van der Waals surface area contributed by atoms with E-state index < -0.39 is 6.43 Å². The molecule has 5 heteroatoms. The second kappa shape index (κ2) is 7.16. The van der Waals surface area contributed by atoms with E-state index in [0.29, 0.717) is 17.9 Å². The standard InChI is InChI=1S/C13H19F2NO2/c1-3-6-18-11-5-4-10(12(17)7-11)8-16(2)9-13(14)15/h4-5,7,13,17H,3,6,8-9H2,1-2H3. The van der Waals surface area contributed by atoms with Crippen LogP contribution in [0.15, 0.2) is 18.2 Å². The molecule has 0 unspecified atom stereocenters. The summed E-state index contributed by atoms with van der Waals surface area (Å²) in [5.41, 5.74) is 0.613. The first-order valence-corrected chi connectivity index (χ1v) is 5.94. The van der Waals surface area contributed by atoms with Crippen LogP contribution in [0.5, 0.6) is 11.5 Å². The van der Waals surface area contributed by atoms with Crippen molar-refractivity contribution in [3.63, 3.8) is 0 Å². The fourth-order valence-electron chi connectivity index (χ4n) is 1.58. The molecule has 0 atom stereocenters. The van der Waals surface area contributed by atoms with Crippen molar-refractivity contribution in [2.45, 2.75) is 26.3 Å². The van der Waals surface area contributed by atoms with Crippen LogP contribution in [0.3, 0.4) is 0 Å². The largest absolute Gasteiger partial charge is 0.507 e. The SMILES string of the molecule is CCCOc1ccc(CN(C)CC(F)F)c(O)c1. The molecule has 0 amide bonds. The molecule has 0 aliphatic carbocycles. The third kappa shape index (κ3) is 4.87. The molecule has 1 aromatic rings. The maximum Gasteiger partial charge on any atom is 0.251 e. The van der Waals surface area contributed by atoms with Gasteiger partial charge in [-0.3, -0.25) is 4.90 Å². The highest BCUT2D eigenvalue weighted by Gasteiger charge is 2.10. The predicted molar refractivity (Wildman–Crippen MR) is 66.2 cm³/mol. The average molecular weight is 259 g/mol. The van der Waals surface area contributed by atoms with Crippen molar-refractivity contribution >= 4 is 0 Å². The number of rotatable bonds is 7. The fourth-order valence-corrected chi connectivity index (χ4v) is 1.58. The van der Waals surface area contributed by atoms with Gasteiger partial charge in [0.25, 0.3) is 6.43 Å². The number of phenols is 1. The quantitative estimate of drug-likeness (QED) is 0.817. The summed E-state index contributed by atoms with van der Waals surface area (Å²) < 4.78 is 29.7. The van der Waals surface area contributed by atoms with E-state index in [1.807, 2.05) is 6.92 Å². The first kappa shape index (κ1) is 14.7. The number of hydrogen-bond acceptors (Lipinski definition) is 3. The molecule has 0 radical (unpaired) electrons. The van der Waals surface area contributed by atoms with E-state index in [2.05, 4.69) is 0 Å². The van der Waals surface area contributed by atoms with Crippen LogP contribution >= 0.6 is 0 Å². The minimum absolute atomic E-state index is 0.0738. The molecule has 0 spiro atoms. The number of nitrogens with zero attached hydrogens (tertiary/aromatic N) is 1. The average Bonchev–Trinajstić information content (AvgIpc) is 2.28. The van der Waals surface area contributed by atoms with Crippen LogP contribution in [-0.4, -0.2) is 36.6 Å². The van der Waals surface area contributed by atoms with Crippen molar-refractivity contribution in [2.75, 3.05) is 20.2 Å². The number of aromatic hydroxyl groups is 1. The van der Waals surface area contributed by atoms with Gasteiger partial charge in [-0.2, -0.15) is 0 Å². The van der Waals surface area contributed by atoms with Gasteiger partial charge >= 0.3 is 0 Å². The molecule has 1 rings (SSSR count). The Morgan fingerprint density at radius 3 is 2.67 bits per heavy atom. The molecule has 0 heterocycles. The number of ether oxygens (including phenoxy) is 1. The highest BCUT2D eigenvalue weighted by molar-refractivity contribution is 5.39. The molecule has 3 nitrogen and oxygen atoms in total. The predicted octanol–water partition coefficient (Wildman–Crippen LogP) is 2.88. The zero-order chi connectivity index (χ0) is 13.5. The number of halogens is 2. The monoisotopic (exact) mass is 259 g/mol. The summed E-state index contributed by atoms with van der Waals surface area (Å²) in [4.78, 5) is 1.46. The maximum absolute atomic E-state index is 12.2. The minimum Gasteiger partial charge on any atom is -0.507 e. The molecule has 0 aliphatic heterocycles. The zero-order valence-corrected chi connectivity index (χ0v) is 10.7. The number of alkyl halides is 2. The Morgan fingerprint density at radius 1 is 1.39 bits per heavy atom. The maximum atomic E-state index is 12.2. The molecule has 0 bridgehead atoms. The topological polar surface area (TPSA) is 32.7 Å². The summed E-state index contributed by atoms with van der Waals surface area (Å²) in [7, 11) is 1.59. The molecular weight excluding hydrogens is 240 g/mol. The Balaban J connectivity index is 2.61. The van der Waals surface area contributed by atoms with Crippen molar-refractivity contribution in [3.8, 4) is 11.5 Å². The molecule has 0 fully saturated rings. The number of phenolic OH excluding ortho intramolecular Hbond substituents is 1. The van der Waals surface area contributed by atoms with E-state index in [0.717, 1.165) is 6.42 Å². The van der Waals surface area contributed by atoms with E-state index in [9.17, 15) is 13.9 Å². The summed E-state index contributed by atoms with van der Waals surface area (Å²) >= 11 is 0. The summed E-state index contributed by atoms with van der Waals surface area (Å²) in [6.07, 6.45) is -1.48. The molecule has 0 saturated heterocycles. The van der Waals surface area contributed by atoms with Crippen molar-refractivity contribution in [1.29, 1.82) is 0 Å². The van der Waals surface area contributed by atoms with Crippen molar-refractivity contribution in [1.82, 2.24) is 4.90 Å². The van der Waals surface area contributed by atoms with Crippen LogP contribution in [0, 0.1) is 0 Å². The molecule has 0 aromatic heterocycles. The molecule has 1 aromatic carbocycles. The lowest BCUT2D eigenvalue weighted by atomic mass is 10.2. The summed E-state index contributed by atoms with van der Waals surface area (Å²) in [5, 5.41) is 9.78. The second-order valence-corrected chi connectivity index (χ2v) is 4.23. The molecule has 1 N–H and O–H groups in total. The minimum atomic E-state index is -2.37. The Hall–Kier alpha value is -1.36. The van der Waals surface area contributed by atoms with E-state index >= 15 is 0 Å². The lowest BCUT2D eigenvalue weighted by Crippen LogP contribution is -2.24. The Labute approximate surface area is 106 Å². The van der Waals surface area contributed by atoms with Gasteiger partial charge in [-0.05, 0) is 19.5 Å². The van der Waals surface area contributed by atoms with Crippen LogP contribution < -0.4 is 4.74 Å². The van der Waals surface area contributed by atoms with Gasteiger partial charge < -0.3 is 9.84 Å². The summed E-state index contributed by atoms with van der Waals surface area (Å²) in [5.74, 6) is 0.666. The van der Waals surface area contributed by atoms with Gasteiger partial charge in [-0.15, -0.1) is 0 Å². The van der Waals surface area contributed by atoms with Gasteiger partial charge in [0, 0.05) is 18.2 Å². The van der Waals surface area contributed by atoms with E-state index in [4.69, 9.17) is 4.74 Å². The van der Waals surface area contributed by atoms with E-state index in [-0.39, 0.29) is 18.8 Å². The summed E-state index contributed by atoms with van der Waals surface area (Å²) in [6.45, 7) is 2.55. The van der Waals surface area contributed by atoms with Crippen LogP contribution in [-0.2, 0) is 6.54 Å². The van der Waals surface area contributed by atoms with Crippen LogP contribution in [0.4, 0.5) is 8.78 Å². The van der Waals surface area contributed by atoms with E-state index in [1.165, 1.54) is 11.0 Å². The number of benzene rings is 1. The Morgan fingerprint density at radius 2 is 2.11 bits per heavy atom. The lowest BCUT2D eigenvalue weighted by molar-refractivity contribution is 0.0971. The van der Waals surface area contributed by atoms with Gasteiger partial charge in [0.15, 0.2) is 0 Å². The number of hydrogen-bond donors (Lipinski definition) is 1. The summed E-state index contributed by atoms with van der Waals surface area (Å²) in [6, 6.07) is 4.95. The van der Waals surface area contributed by atoms with Crippen LogP contribution in [0.2, 0.25) is 0 Å². The van der Waals surface area contributed by atoms with E-state index in [1.54, 1.807) is 19.2 Å². The molecule has 0 saturated carbocycles. The van der Waals surface area contributed by atoms with Gasteiger partial charge in [-0.1, -0.05) is 13.0 Å². The smallest absolute Gasteiger partial charge is 0.251 e. The van der Waals surface area contributed by atoms with Crippen molar-refractivity contribution < 1.29 is 18.6 Å². The van der Waals surface area contributed by atoms with Crippen molar-refractivity contribution in [3.05, 3.63) is 23.8 Å². The first-order chi connectivity index (χ1) is 8.52. The van der Waals surface area contributed by atoms with Crippen molar-refractivity contribution in [2.24, 2.45) is 0 Å². The molecule has 102 valence electrons. The van der Waals surface area contributed by atoms with Crippen LogP contribution in [0.25, 0.3) is 0 Å². The van der Waals surface area contributed by atoms with Gasteiger partial charge in [0.05, 0.1) is 13.2 Å². The first-order valence-electron chi connectivity index (χ1n) is 5.94. The normalized spacial score (nSPS) is 11.2. The third-order valence-corrected chi connectivity index (χ3v) is 2.42. The molecular formula is C13H19F2NO2. The molecule has 0 aliphatic rings. The highest BCUT2D eigenvalue weighted by Crippen LogP contribution is 2.24. The third-order valence-electron chi connectivity index (χ3n) is 2.42. The lowest BCUT2D eigenvalue weighted by Gasteiger charge is -2.17. The fraction of sp³-hybridized carbons (Fsp3) is 0.538. The van der Waals surface area contributed by atoms with Gasteiger partial charge in [0.1, 0.15) is 11.5 Å². The van der Waals surface area contributed by atoms with Gasteiger partial charge in [-0.25, -0.2) is 8.78 Å². The van der Waals surface area contributed by atoms with Gasteiger partial charge in [0.2, 0.25) is 0 Å². The zero-order valence-electron chi connectivity index (χ0n) is 10.7. The second-order valence-electron chi connectivity index (χ2n) is 4.23. The Bertz CT molecular complexity index is 372. The Kier molecular flexibility index (Phi) is 5.85. The molecule has 18 heavy (non-hydrogen) atoms. The highest BCUT2D eigenvalue weighted by atomic mass is 19.3. The van der Waals surface area contributed by atoms with Crippen LogP contribution in [0.1, 0.15) is 18.9 Å².